The van der Waals surface area contributed by atoms with E-state index in [1.165, 1.54) is 18.2 Å². The molecule has 0 spiro atoms. The first-order chi connectivity index (χ1) is 8.69. The summed E-state index contributed by atoms with van der Waals surface area (Å²) in [6.45, 7) is 2.80. The second kappa shape index (κ2) is 5.45. The standard InChI is InChI=1S/C15H17NO2/c1-11-4-3-5-12(8-11)10-16-13-6-7-15(18-2)14(17)9-13/h3-9,16-17H,10H2,1-2H3. The number of rotatable bonds is 4. The first-order valence-corrected chi connectivity index (χ1v) is 5.85. The Bertz CT molecular complexity index is 538. The normalized spacial score (nSPS) is 10.1. The van der Waals surface area contributed by atoms with Crippen molar-refractivity contribution in [1.29, 1.82) is 0 Å². The van der Waals surface area contributed by atoms with E-state index in [9.17, 15) is 5.11 Å². The molecule has 2 aromatic carbocycles. The minimum absolute atomic E-state index is 0.145. The summed E-state index contributed by atoms with van der Waals surface area (Å²) in [5, 5.41) is 12.9. The number of methoxy groups -OCH3 is 1. The van der Waals surface area contributed by atoms with Crippen molar-refractivity contribution in [2.75, 3.05) is 12.4 Å². The minimum Gasteiger partial charge on any atom is -0.504 e. The molecule has 0 amide bonds. The Morgan fingerprint density at radius 1 is 1.17 bits per heavy atom. The zero-order valence-electron chi connectivity index (χ0n) is 10.6. The van der Waals surface area contributed by atoms with Crippen LogP contribution in [-0.2, 0) is 6.54 Å². The topological polar surface area (TPSA) is 41.5 Å². The smallest absolute Gasteiger partial charge is 0.160 e. The number of phenols is 1. The Morgan fingerprint density at radius 2 is 2.00 bits per heavy atom. The van der Waals surface area contributed by atoms with E-state index in [-0.39, 0.29) is 5.75 Å². The Morgan fingerprint density at radius 3 is 2.67 bits per heavy atom. The predicted molar refractivity (Wildman–Crippen MR) is 73.2 cm³/mol. The van der Waals surface area contributed by atoms with Crippen molar-refractivity contribution < 1.29 is 9.84 Å². The van der Waals surface area contributed by atoms with Crippen LogP contribution in [0.1, 0.15) is 11.1 Å². The number of nitrogens with one attached hydrogen (secondary N) is 1. The lowest BCUT2D eigenvalue weighted by Crippen LogP contribution is -1.99. The van der Waals surface area contributed by atoms with Crippen LogP contribution in [0, 0.1) is 6.92 Å². The van der Waals surface area contributed by atoms with Crippen molar-refractivity contribution in [3.8, 4) is 11.5 Å². The number of aryl methyl sites for hydroxylation is 1. The molecule has 0 atom stereocenters. The van der Waals surface area contributed by atoms with Crippen LogP contribution in [0.25, 0.3) is 0 Å². The van der Waals surface area contributed by atoms with E-state index in [0.717, 1.165) is 12.2 Å². The molecule has 3 heteroatoms. The highest BCUT2D eigenvalue weighted by atomic mass is 16.5. The van der Waals surface area contributed by atoms with Gasteiger partial charge >= 0.3 is 0 Å². The average molecular weight is 243 g/mol. The van der Waals surface area contributed by atoms with Crippen LogP contribution in [0.4, 0.5) is 5.69 Å². The fourth-order valence-corrected chi connectivity index (χ4v) is 1.83. The van der Waals surface area contributed by atoms with Crippen molar-refractivity contribution in [3.63, 3.8) is 0 Å². The van der Waals surface area contributed by atoms with Crippen molar-refractivity contribution in [2.24, 2.45) is 0 Å². The molecule has 0 aliphatic carbocycles. The average Bonchev–Trinajstić information content (AvgIpc) is 2.37. The third-order valence-electron chi connectivity index (χ3n) is 2.76. The molecule has 18 heavy (non-hydrogen) atoms. The summed E-state index contributed by atoms with van der Waals surface area (Å²) < 4.78 is 5.00. The van der Waals surface area contributed by atoms with E-state index in [2.05, 4.69) is 30.4 Å². The van der Waals surface area contributed by atoms with E-state index in [1.54, 1.807) is 12.1 Å². The molecule has 0 fully saturated rings. The highest BCUT2D eigenvalue weighted by Crippen LogP contribution is 2.28. The summed E-state index contributed by atoms with van der Waals surface area (Å²) in [4.78, 5) is 0. The predicted octanol–water partition coefficient (Wildman–Crippen LogP) is 3.32. The quantitative estimate of drug-likeness (QED) is 0.865. The minimum atomic E-state index is 0.145. The van der Waals surface area contributed by atoms with Gasteiger partial charge in [0.1, 0.15) is 0 Å². The summed E-state index contributed by atoms with van der Waals surface area (Å²) >= 11 is 0. The Kier molecular flexibility index (Phi) is 3.72. The first kappa shape index (κ1) is 12.3. The summed E-state index contributed by atoms with van der Waals surface area (Å²) in [5.74, 6) is 0.628. The largest absolute Gasteiger partial charge is 0.504 e. The number of benzene rings is 2. The Balaban J connectivity index is 2.04. The molecule has 0 unspecified atom stereocenters. The molecule has 3 nitrogen and oxygen atoms in total. The number of ether oxygens (including phenoxy) is 1. The van der Waals surface area contributed by atoms with Crippen molar-refractivity contribution in [3.05, 3.63) is 53.6 Å². The van der Waals surface area contributed by atoms with Gasteiger partial charge in [0, 0.05) is 18.3 Å². The van der Waals surface area contributed by atoms with Crippen LogP contribution in [0.2, 0.25) is 0 Å². The fourth-order valence-electron chi connectivity index (χ4n) is 1.83. The molecule has 0 aliphatic heterocycles. The van der Waals surface area contributed by atoms with Gasteiger partial charge in [0.25, 0.3) is 0 Å². The van der Waals surface area contributed by atoms with E-state index >= 15 is 0 Å². The molecule has 0 aliphatic rings. The summed E-state index contributed by atoms with van der Waals surface area (Å²) in [5.41, 5.74) is 3.33. The number of hydrogen-bond donors (Lipinski definition) is 2. The van der Waals surface area contributed by atoms with E-state index in [4.69, 9.17) is 4.74 Å². The molecule has 94 valence electrons. The van der Waals surface area contributed by atoms with Gasteiger partial charge in [-0.3, -0.25) is 0 Å². The van der Waals surface area contributed by atoms with Crippen LogP contribution in [0.15, 0.2) is 42.5 Å². The lowest BCUT2D eigenvalue weighted by atomic mass is 10.1. The third kappa shape index (κ3) is 2.94. The number of anilines is 1. The number of phenolic OH excluding ortho intramolecular Hbond substituents is 1. The van der Waals surface area contributed by atoms with Gasteiger partial charge in [-0.1, -0.05) is 29.8 Å². The molecule has 0 saturated heterocycles. The van der Waals surface area contributed by atoms with E-state index < -0.39 is 0 Å². The second-order valence-corrected chi connectivity index (χ2v) is 4.23. The molecular formula is C15H17NO2. The maximum atomic E-state index is 9.67. The summed E-state index contributed by atoms with van der Waals surface area (Å²) in [6.07, 6.45) is 0. The number of hydrogen-bond acceptors (Lipinski definition) is 3. The van der Waals surface area contributed by atoms with Crippen LogP contribution >= 0.6 is 0 Å². The third-order valence-corrected chi connectivity index (χ3v) is 2.76. The molecule has 2 rings (SSSR count). The molecule has 0 aromatic heterocycles. The highest BCUT2D eigenvalue weighted by molar-refractivity contribution is 5.54. The van der Waals surface area contributed by atoms with Crippen molar-refractivity contribution in [2.45, 2.75) is 13.5 Å². The molecule has 2 N–H and O–H groups in total. The molecular weight excluding hydrogens is 226 g/mol. The van der Waals surface area contributed by atoms with E-state index in [0.29, 0.717) is 5.75 Å². The fraction of sp³-hybridized carbons (Fsp3) is 0.200. The summed E-state index contributed by atoms with van der Waals surface area (Å²) in [6, 6.07) is 13.6. The molecule has 0 heterocycles. The van der Waals surface area contributed by atoms with Gasteiger partial charge in [-0.05, 0) is 24.6 Å². The SMILES string of the molecule is COc1ccc(NCc2cccc(C)c2)cc1O. The van der Waals surface area contributed by atoms with Gasteiger partial charge in [0.05, 0.1) is 7.11 Å². The van der Waals surface area contributed by atoms with Crippen molar-refractivity contribution in [1.82, 2.24) is 0 Å². The van der Waals surface area contributed by atoms with Gasteiger partial charge in [-0.2, -0.15) is 0 Å². The maximum Gasteiger partial charge on any atom is 0.160 e. The van der Waals surface area contributed by atoms with Gasteiger partial charge in [-0.25, -0.2) is 0 Å². The van der Waals surface area contributed by atoms with Gasteiger partial charge in [0.2, 0.25) is 0 Å². The lowest BCUT2D eigenvalue weighted by Gasteiger charge is -2.09. The summed E-state index contributed by atoms with van der Waals surface area (Å²) in [7, 11) is 1.54. The molecule has 0 bridgehead atoms. The van der Waals surface area contributed by atoms with Gasteiger partial charge in [0.15, 0.2) is 11.5 Å². The lowest BCUT2D eigenvalue weighted by molar-refractivity contribution is 0.373. The van der Waals surface area contributed by atoms with E-state index in [1.807, 2.05) is 12.1 Å². The zero-order chi connectivity index (χ0) is 13.0. The van der Waals surface area contributed by atoms with Crippen molar-refractivity contribution >= 4 is 5.69 Å². The Hall–Kier alpha value is -2.16. The Labute approximate surface area is 107 Å². The van der Waals surface area contributed by atoms with Crippen LogP contribution in [0.3, 0.4) is 0 Å². The van der Waals surface area contributed by atoms with Gasteiger partial charge in [-0.15, -0.1) is 0 Å². The van der Waals surface area contributed by atoms with Crippen LogP contribution in [0.5, 0.6) is 11.5 Å². The van der Waals surface area contributed by atoms with Gasteiger partial charge < -0.3 is 15.2 Å². The monoisotopic (exact) mass is 243 g/mol. The highest BCUT2D eigenvalue weighted by Gasteiger charge is 2.02. The van der Waals surface area contributed by atoms with Crippen LogP contribution < -0.4 is 10.1 Å². The second-order valence-electron chi connectivity index (χ2n) is 4.23. The molecule has 0 saturated carbocycles. The number of aromatic hydroxyl groups is 1. The first-order valence-electron chi connectivity index (χ1n) is 5.85. The van der Waals surface area contributed by atoms with Crippen LogP contribution in [-0.4, -0.2) is 12.2 Å². The molecule has 0 radical (unpaired) electrons. The maximum absolute atomic E-state index is 9.67. The molecule has 2 aromatic rings. The zero-order valence-corrected chi connectivity index (χ0v) is 10.6.